The first-order valence-electron chi connectivity index (χ1n) is 4.04. The molecule has 0 unspecified atom stereocenters. The van der Waals surface area contributed by atoms with Gasteiger partial charge in [0.1, 0.15) is 0 Å². The molecule has 1 heteroatoms. The van der Waals surface area contributed by atoms with Gasteiger partial charge in [0, 0.05) is 13.5 Å². The summed E-state index contributed by atoms with van der Waals surface area (Å²) in [4.78, 5) is 0. The first-order chi connectivity index (χ1) is 5.36. The minimum absolute atomic E-state index is 0.387. The number of ether oxygens (including phenoxy) is 1. The van der Waals surface area contributed by atoms with Crippen molar-refractivity contribution in [2.24, 2.45) is 0 Å². The first-order valence-corrected chi connectivity index (χ1v) is 4.04. The third-order valence-electron chi connectivity index (χ3n) is 1.89. The van der Waals surface area contributed by atoms with Crippen molar-refractivity contribution in [1.29, 1.82) is 0 Å². The fourth-order valence-electron chi connectivity index (χ4n) is 1.06. The van der Waals surface area contributed by atoms with Gasteiger partial charge in [-0.15, -0.1) is 6.58 Å². The lowest BCUT2D eigenvalue weighted by Crippen LogP contribution is -2.08. The van der Waals surface area contributed by atoms with Crippen LogP contribution in [0.4, 0.5) is 0 Å². The van der Waals surface area contributed by atoms with Crippen LogP contribution in [-0.4, -0.2) is 13.2 Å². The summed E-state index contributed by atoms with van der Waals surface area (Å²) in [6, 6.07) is 0. The maximum atomic E-state index is 5.29. The topological polar surface area (TPSA) is 9.23 Å². The van der Waals surface area contributed by atoms with E-state index < -0.39 is 0 Å². The Hall–Kier alpha value is -0.560. The Balaban J connectivity index is 2.12. The summed E-state index contributed by atoms with van der Waals surface area (Å²) in [5, 5.41) is 0. The van der Waals surface area contributed by atoms with Gasteiger partial charge in [0.05, 0.1) is 6.10 Å². The molecule has 0 saturated heterocycles. The van der Waals surface area contributed by atoms with Crippen LogP contribution in [-0.2, 0) is 4.74 Å². The van der Waals surface area contributed by atoms with Crippen LogP contribution in [0.1, 0.15) is 19.3 Å². The van der Waals surface area contributed by atoms with Crippen molar-refractivity contribution in [3.8, 4) is 0 Å². The maximum absolute atomic E-state index is 5.29. The number of hydrogen-bond acceptors (Lipinski definition) is 1. The number of methoxy groups -OCH3 is 1. The molecule has 0 amide bonds. The molecule has 1 nitrogen and oxygen atoms in total. The molecule has 1 radical (unpaired) electrons. The highest BCUT2D eigenvalue weighted by Gasteiger charge is 2.14. The molecule has 0 aliphatic heterocycles. The van der Waals surface area contributed by atoms with Crippen molar-refractivity contribution in [2.45, 2.75) is 25.4 Å². The lowest BCUT2D eigenvalue weighted by Gasteiger charge is -2.11. The molecule has 0 aromatic rings. The Labute approximate surface area is 68.8 Å². The van der Waals surface area contributed by atoms with Crippen LogP contribution in [0.25, 0.3) is 0 Å². The minimum Gasteiger partial charge on any atom is -0.381 e. The lowest BCUT2D eigenvalue weighted by atomic mass is 10.1. The van der Waals surface area contributed by atoms with E-state index in [9.17, 15) is 0 Å². The van der Waals surface area contributed by atoms with Crippen molar-refractivity contribution in [2.75, 3.05) is 7.11 Å². The third kappa shape index (κ3) is 3.38. The van der Waals surface area contributed by atoms with Gasteiger partial charge in [-0.25, -0.2) is 0 Å². The highest BCUT2D eigenvalue weighted by Crippen LogP contribution is 2.25. The summed E-state index contributed by atoms with van der Waals surface area (Å²) in [7, 11) is 1.77. The van der Waals surface area contributed by atoms with Crippen molar-refractivity contribution in [1.82, 2.24) is 0 Å². The molecule has 1 aliphatic carbocycles. The first kappa shape index (κ1) is 8.54. The molecule has 0 fully saturated rings. The second-order valence-corrected chi connectivity index (χ2v) is 2.84. The van der Waals surface area contributed by atoms with Crippen molar-refractivity contribution < 1.29 is 4.74 Å². The SMILES string of the molecule is C=CCC[C@H](CC1=C[CH]1)OC. The van der Waals surface area contributed by atoms with Crippen LogP contribution < -0.4 is 0 Å². The summed E-state index contributed by atoms with van der Waals surface area (Å²) < 4.78 is 5.29. The number of hydrogen-bond donors (Lipinski definition) is 0. The Morgan fingerprint density at radius 3 is 2.91 bits per heavy atom. The van der Waals surface area contributed by atoms with Crippen LogP contribution in [0.2, 0.25) is 0 Å². The van der Waals surface area contributed by atoms with Crippen molar-refractivity contribution in [3.05, 3.63) is 30.7 Å². The van der Waals surface area contributed by atoms with E-state index in [1.807, 2.05) is 6.08 Å². The fraction of sp³-hybridized carbons (Fsp3) is 0.500. The third-order valence-corrected chi connectivity index (χ3v) is 1.89. The highest BCUT2D eigenvalue weighted by atomic mass is 16.5. The highest BCUT2D eigenvalue weighted by molar-refractivity contribution is 5.39. The Kier molecular flexibility index (Phi) is 3.37. The van der Waals surface area contributed by atoms with E-state index >= 15 is 0 Å². The molecular weight excluding hydrogens is 136 g/mol. The van der Waals surface area contributed by atoms with Gasteiger partial charge in [-0.2, -0.15) is 0 Å². The average molecular weight is 151 g/mol. The smallest absolute Gasteiger partial charge is 0.0611 e. The Bertz CT molecular complexity index is 158. The van der Waals surface area contributed by atoms with Crippen molar-refractivity contribution in [3.63, 3.8) is 0 Å². The molecule has 1 atom stereocenters. The van der Waals surface area contributed by atoms with Gasteiger partial charge in [0.15, 0.2) is 0 Å². The summed E-state index contributed by atoms with van der Waals surface area (Å²) >= 11 is 0. The van der Waals surface area contributed by atoms with Gasteiger partial charge in [0.2, 0.25) is 0 Å². The molecule has 61 valence electrons. The maximum Gasteiger partial charge on any atom is 0.0611 e. The second kappa shape index (κ2) is 4.35. The van der Waals surface area contributed by atoms with Gasteiger partial charge in [-0.3, -0.25) is 0 Å². The standard InChI is InChI=1S/C10H15O/c1-3-4-5-10(11-2)8-9-6-7-9/h3,6-7,10H,1,4-5,8H2,2H3/t10-/m1/s1. The van der Waals surface area contributed by atoms with Gasteiger partial charge in [-0.05, 0) is 19.3 Å². The number of allylic oxidation sites excluding steroid dienone is 2. The quantitative estimate of drug-likeness (QED) is 0.530. The summed E-state index contributed by atoms with van der Waals surface area (Å²) in [5.41, 5.74) is 1.43. The molecule has 0 bridgehead atoms. The summed E-state index contributed by atoms with van der Waals surface area (Å²) in [6.07, 6.45) is 9.82. The zero-order valence-electron chi connectivity index (χ0n) is 7.05. The molecular formula is C10H15O. The largest absolute Gasteiger partial charge is 0.381 e. The summed E-state index contributed by atoms with van der Waals surface area (Å²) in [6.45, 7) is 3.68. The van der Waals surface area contributed by atoms with Crippen LogP contribution in [0.3, 0.4) is 0 Å². The van der Waals surface area contributed by atoms with Crippen LogP contribution in [0.15, 0.2) is 24.3 Å². The molecule has 1 aliphatic rings. The Morgan fingerprint density at radius 1 is 1.73 bits per heavy atom. The molecule has 0 saturated carbocycles. The number of rotatable bonds is 6. The van der Waals surface area contributed by atoms with Gasteiger partial charge in [-0.1, -0.05) is 17.7 Å². The lowest BCUT2D eigenvalue weighted by molar-refractivity contribution is 0.0976. The van der Waals surface area contributed by atoms with Gasteiger partial charge < -0.3 is 4.74 Å². The monoisotopic (exact) mass is 151 g/mol. The molecule has 0 heterocycles. The minimum atomic E-state index is 0.387. The zero-order chi connectivity index (χ0) is 8.10. The van der Waals surface area contributed by atoms with Crippen LogP contribution in [0.5, 0.6) is 0 Å². The van der Waals surface area contributed by atoms with E-state index in [1.165, 1.54) is 5.57 Å². The average Bonchev–Trinajstić information content (AvgIpc) is 2.81. The predicted molar refractivity (Wildman–Crippen MR) is 47.2 cm³/mol. The van der Waals surface area contributed by atoms with E-state index in [4.69, 9.17) is 4.74 Å². The predicted octanol–water partition coefficient (Wildman–Crippen LogP) is 2.50. The van der Waals surface area contributed by atoms with Gasteiger partial charge >= 0.3 is 0 Å². The van der Waals surface area contributed by atoms with Crippen LogP contribution >= 0.6 is 0 Å². The van der Waals surface area contributed by atoms with E-state index in [2.05, 4.69) is 19.1 Å². The zero-order valence-corrected chi connectivity index (χ0v) is 7.05. The van der Waals surface area contributed by atoms with Crippen molar-refractivity contribution >= 4 is 0 Å². The summed E-state index contributed by atoms with van der Waals surface area (Å²) in [5.74, 6) is 0. The van der Waals surface area contributed by atoms with E-state index in [-0.39, 0.29) is 0 Å². The van der Waals surface area contributed by atoms with Gasteiger partial charge in [0.25, 0.3) is 0 Å². The molecule has 0 spiro atoms. The van der Waals surface area contributed by atoms with E-state index in [0.717, 1.165) is 19.3 Å². The fourth-order valence-corrected chi connectivity index (χ4v) is 1.06. The molecule has 0 N–H and O–H groups in total. The second-order valence-electron chi connectivity index (χ2n) is 2.84. The van der Waals surface area contributed by atoms with E-state index in [1.54, 1.807) is 7.11 Å². The van der Waals surface area contributed by atoms with E-state index in [0.29, 0.717) is 6.10 Å². The molecule has 0 aromatic carbocycles. The van der Waals surface area contributed by atoms with Crippen LogP contribution in [0, 0.1) is 6.42 Å². The molecule has 11 heavy (non-hydrogen) atoms. The Morgan fingerprint density at radius 2 is 2.45 bits per heavy atom. The molecule has 1 rings (SSSR count). The molecule has 0 aromatic heterocycles. The normalized spacial score (nSPS) is 17.4.